The maximum Gasteiger partial charge on any atom is 0.0883 e. The average Bonchev–Trinajstić information content (AvgIpc) is 2.97. The smallest absolute Gasteiger partial charge is 0.0883 e. The highest BCUT2D eigenvalue weighted by atomic mass is 79.9. The molecule has 0 radical (unpaired) electrons. The van der Waals surface area contributed by atoms with E-state index in [1.54, 1.807) is 0 Å². The van der Waals surface area contributed by atoms with E-state index in [2.05, 4.69) is 15.9 Å². The van der Waals surface area contributed by atoms with Crippen LogP contribution in [0.2, 0.25) is 5.02 Å². The summed E-state index contributed by atoms with van der Waals surface area (Å²) in [5.41, 5.74) is 0.0263. The number of aliphatic hydroxyl groups is 1. The molecule has 1 N–H and O–H groups in total. The Hall–Kier alpha value is -0.0500. The third-order valence-electron chi connectivity index (χ3n) is 3.25. The van der Waals surface area contributed by atoms with Crippen molar-refractivity contribution in [3.05, 3.63) is 33.3 Å². The minimum atomic E-state index is -0.805. The van der Waals surface area contributed by atoms with Gasteiger partial charge in [0, 0.05) is 15.1 Å². The Labute approximate surface area is 110 Å². The molecule has 1 fully saturated rings. The predicted octanol–water partition coefficient (Wildman–Crippen LogP) is 4.50. The first kappa shape index (κ1) is 12.4. The van der Waals surface area contributed by atoms with Crippen LogP contribution >= 0.6 is 27.5 Å². The third kappa shape index (κ3) is 2.99. The summed E-state index contributed by atoms with van der Waals surface area (Å²) in [6.45, 7) is 1.85. The zero-order chi connectivity index (χ0) is 11.8. The lowest BCUT2D eigenvalue weighted by Crippen LogP contribution is -2.21. The van der Waals surface area contributed by atoms with Crippen LogP contribution in [-0.2, 0) is 5.60 Å². The van der Waals surface area contributed by atoms with Gasteiger partial charge in [0.2, 0.25) is 0 Å². The summed E-state index contributed by atoms with van der Waals surface area (Å²) in [7, 11) is 0. The van der Waals surface area contributed by atoms with Gasteiger partial charge in [-0.1, -0.05) is 46.4 Å². The molecule has 2 rings (SSSR count). The molecule has 0 bridgehead atoms. The van der Waals surface area contributed by atoms with Crippen LogP contribution in [0, 0.1) is 5.92 Å². The second-order valence-corrected chi connectivity index (χ2v) is 6.20. The van der Waals surface area contributed by atoms with E-state index in [1.807, 2.05) is 25.1 Å². The van der Waals surface area contributed by atoms with Crippen LogP contribution < -0.4 is 0 Å². The van der Waals surface area contributed by atoms with Crippen LogP contribution in [0.25, 0.3) is 0 Å². The van der Waals surface area contributed by atoms with Gasteiger partial charge in [0.15, 0.2) is 0 Å². The molecule has 1 nitrogen and oxygen atoms in total. The summed E-state index contributed by atoms with van der Waals surface area (Å²) in [5, 5.41) is 11.1. The summed E-state index contributed by atoms with van der Waals surface area (Å²) in [6, 6.07) is 5.66. The Morgan fingerprint density at radius 1 is 1.50 bits per heavy atom. The number of halogens is 2. The molecule has 0 spiro atoms. The van der Waals surface area contributed by atoms with Gasteiger partial charge < -0.3 is 5.11 Å². The van der Waals surface area contributed by atoms with Gasteiger partial charge in [-0.2, -0.15) is 0 Å². The van der Waals surface area contributed by atoms with Crippen LogP contribution in [0.1, 0.15) is 38.2 Å². The van der Waals surface area contributed by atoms with E-state index in [0.29, 0.717) is 5.02 Å². The van der Waals surface area contributed by atoms with Gasteiger partial charge in [-0.05, 0) is 37.8 Å². The molecule has 0 aliphatic heterocycles. The normalized spacial score (nSPS) is 19.5. The van der Waals surface area contributed by atoms with Gasteiger partial charge in [0.05, 0.1) is 5.60 Å². The first-order valence-electron chi connectivity index (χ1n) is 5.67. The Kier molecular flexibility index (Phi) is 3.62. The van der Waals surface area contributed by atoms with Crippen LogP contribution in [0.15, 0.2) is 22.7 Å². The highest BCUT2D eigenvalue weighted by Gasteiger charge is 2.29. The maximum atomic E-state index is 10.4. The second kappa shape index (κ2) is 4.67. The van der Waals surface area contributed by atoms with E-state index in [1.165, 1.54) is 12.8 Å². The monoisotopic (exact) mass is 302 g/mol. The minimum absolute atomic E-state index is 0.634. The minimum Gasteiger partial charge on any atom is -0.385 e. The molecule has 88 valence electrons. The molecule has 1 atom stereocenters. The van der Waals surface area contributed by atoms with E-state index >= 15 is 0 Å². The van der Waals surface area contributed by atoms with Crippen molar-refractivity contribution in [2.45, 2.75) is 38.2 Å². The molecule has 1 unspecified atom stereocenters. The van der Waals surface area contributed by atoms with E-state index in [-0.39, 0.29) is 0 Å². The summed E-state index contributed by atoms with van der Waals surface area (Å²) in [5.74, 6) is 0.834. The number of rotatable bonds is 4. The molecule has 1 aliphatic rings. The van der Waals surface area contributed by atoms with E-state index < -0.39 is 5.60 Å². The SMILES string of the molecule is CC(O)(CCC1CC1)c1ccc(Br)cc1Cl. The fourth-order valence-corrected chi connectivity index (χ4v) is 2.83. The van der Waals surface area contributed by atoms with Crippen LogP contribution in [0.3, 0.4) is 0 Å². The topological polar surface area (TPSA) is 20.2 Å². The molecule has 16 heavy (non-hydrogen) atoms. The molecule has 1 aliphatic carbocycles. The van der Waals surface area contributed by atoms with Crippen molar-refractivity contribution in [1.82, 2.24) is 0 Å². The first-order valence-corrected chi connectivity index (χ1v) is 6.84. The Morgan fingerprint density at radius 2 is 2.19 bits per heavy atom. The second-order valence-electron chi connectivity index (χ2n) is 4.88. The maximum absolute atomic E-state index is 10.4. The van der Waals surface area contributed by atoms with Gasteiger partial charge in [0.1, 0.15) is 0 Å². The molecule has 0 aromatic heterocycles. The Morgan fingerprint density at radius 3 is 2.75 bits per heavy atom. The van der Waals surface area contributed by atoms with E-state index in [9.17, 15) is 5.11 Å². The molecule has 1 saturated carbocycles. The summed E-state index contributed by atoms with van der Waals surface area (Å²) < 4.78 is 0.944. The van der Waals surface area contributed by atoms with Gasteiger partial charge in [-0.15, -0.1) is 0 Å². The zero-order valence-corrected chi connectivity index (χ0v) is 11.7. The first-order chi connectivity index (χ1) is 7.49. The van der Waals surface area contributed by atoms with Crippen molar-refractivity contribution in [3.8, 4) is 0 Å². The Balaban J connectivity index is 2.12. The average molecular weight is 304 g/mol. The zero-order valence-electron chi connectivity index (χ0n) is 9.34. The molecular weight excluding hydrogens is 287 g/mol. The van der Waals surface area contributed by atoms with Crippen molar-refractivity contribution in [3.63, 3.8) is 0 Å². The quantitative estimate of drug-likeness (QED) is 0.868. The lowest BCUT2D eigenvalue weighted by atomic mass is 9.90. The standard InChI is InChI=1S/C13H16BrClO/c1-13(16,7-6-9-2-3-9)11-5-4-10(14)8-12(11)15/h4-5,8-9,16H,2-3,6-7H2,1H3. The van der Waals surface area contributed by atoms with Crippen LogP contribution in [-0.4, -0.2) is 5.11 Å². The number of hydrogen-bond donors (Lipinski definition) is 1. The predicted molar refractivity (Wildman–Crippen MR) is 70.7 cm³/mol. The number of hydrogen-bond acceptors (Lipinski definition) is 1. The van der Waals surface area contributed by atoms with Crippen LogP contribution in [0.5, 0.6) is 0 Å². The van der Waals surface area contributed by atoms with Crippen molar-refractivity contribution in [2.24, 2.45) is 5.92 Å². The third-order valence-corrected chi connectivity index (χ3v) is 4.05. The molecule has 0 amide bonds. The number of benzene rings is 1. The van der Waals surface area contributed by atoms with Gasteiger partial charge >= 0.3 is 0 Å². The molecule has 3 heteroatoms. The highest BCUT2D eigenvalue weighted by Crippen LogP contribution is 2.39. The fourth-order valence-electron chi connectivity index (χ4n) is 1.95. The Bertz CT molecular complexity index is 386. The molecule has 1 aromatic carbocycles. The molecule has 0 saturated heterocycles. The van der Waals surface area contributed by atoms with Crippen LogP contribution in [0.4, 0.5) is 0 Å². The van der Waals surface area contributed by atoms with E-state index in [0.717, 1.165) is 28.8 Å². The van der Waals surface area contributed by atoms with Gasteiger partial charge in [0.25, 0.3) is 0 Å². The molecule has 1 aromatic rings. The lowest BCUT2D eigenvalue weighted by molar-refractivity contribution is 0.0441. The van der Waals surface area contributed by atoms with Crippen molar-refractivity contribution in [1.29, 1.82) is 0 Å². The summed E-state index contributed by atoms with van der Waals surface area (Å²) in [6.07, 6.45) is 4.53. The van der Waals surface area contributed by atoms with E-state index in [4.69, 9.17) is 11.6 Å². The highest BCUT2D eigenvalue weighted by molar-refractivity contribution is 9.10. The largest absolute Gasteiger partial charge is 0.385 e. The molecular formula is C13H16BrClO. The van der Waals surface area contributed by atoms with Crippen molar-refractivity contribution < 1.29 is 5.11 Å². The van der Waals surface area contributed by atoms with Crippen molar-refractivity contribution in [2.75, 3.05) is 0 Å². The van der Waals surface area contributed by atoms with Gasteiger partial charge in [-0.25, -0.2) is 0 Å². The molecule has 0 heterocycles. The lowest BCUT2D eigenvalue weighted by Gasteiger charge is -2.25. The summed E-state index contributed by atoms with van der Waals surface area (Å²) >= 11 is 9.52. The summed E-state index contributed by atoms with van der Waals surface area (Å²) in [4.78, 5) is 0. The fraction of sp³-hybridized carbons (Fsp3) is 0.538. The van der Waals surface area contributed by atoms with Crippen molar-refractivity contribution >= 4 is 27.5 Å². The van der Waals surface area contributed by atoms with Gasteiger partial charge in [-0.3, -0.25) is 0 Å².